The topological polar surface area (TPSA) is 60.0 Å². The summed E-state index contributed by atoms with van der Waals surface area (Å²) >= 11 is 3.50. The number of rotatable bonds is 10. The van der Waals surface area contributed by atoms with Gasteiger partial charge in [0, 0.05) is 13.7 Å². The van der Waals surface area contributed by atoms with Crippen LogP contribution in [0.1, 0.15) is 18.9 Å². The Morgan fingerprint density at radius 2 is 2.10 bits per heavy atom. The van der Waals surface area contributed by atoms with Crippen LogP contribution in [-0.2, 0) is 11.3 Å². The van der Waals surface area contributed by atoms with Gasteiger partial charge in [-0.05, 0) is 53.5 Å². The lowest BCUT2D eigenvalue weighted by atomic mass is 10.2. The van der Waals surface area contributed by atoms with Crippen molar-refractivity contribution in [1.82, 2.24) is 5.32 Å². The molecular weight excluding hydrogens is 338 g/mol. The molecule has 0 fully saturated rings. The Morgan fingerprint density at radius 3 is 2.71 bits per heavy atom. The maximum Gasteiger partial charge on any atom is 0.175 e. The molecule has 6 heteroatoms. The Labute approximate surface area is 134 Å². The molecule has 0 radical (unpaired) electrons. The zero-order valence-electron chi connectivity index (χ0n) is 12.8. The molecule has 120 valence electrons. The van der Waals surface area contributed by atoms with Gasteiger partial charge in [-0.15, -0.1) is 0 Å². The Balaban J connectivity index is 2.54. The van der Waals surface area contributed by atoms with E-state index in [0.717, 1.165) is 22.3 Å². The number of methoxy groups -OCH3 is 2. The number of aliphatic hydroxyl groups is 1. The zero-order chi connectivity index (χ0) is 15.7. The summed E-state index contributed by atoms with van der Waals surface area (Å²) < 4.78 is 16.7. The van der Waals surface area contributed by atoms with E-state index in [1.165, 1.54) is 0 Å². The van der Waals surface area contributed by atoms with Gasteiger partial charge in [-0.2, -0.15) is 0 Å². The molecule has 1 unspecified atom stereocenters. The smallest absolute Gasteiger partial charge is 0.175 e. The largest absolute Gasteiger partial charge is 0.493 e. The van der Waals surface area contributed by atoms with Crippen molar-refractivity contribution in [2.45, 2.75) is 26.0 Å². The molecule has 0 spiro atoms. The lowest BCUT2D eigenvalue weighted by Crippen LogP contribution is -2.23. The van der Waals surface area contributed by atoms with Crippen molar-refractivity contribution >= 4 is 15.9 Å². The molecule has 0 aliphatic heterocycles. The van der Waals surface area contributed by atoms with Gasteiger partial charge in [0.1, 0.15) is 0 Å². The van der Waals surface area contributed by atoms with E-state index in [-0.39, 0.29) is 0 Å². The summed E-state index contributed by atoms with van der Waals surface area (Å²) in [4.78, 5) is 0. The van der Waals surface area contributed by atoms with Crippen molar-refractivity contribution in [2.75, 3.05) is 34.0 Å². The number of hydrogen-bond acceptors (Lipinski definition) is 5. The molecule has 21 heavy (non-hydrogen) atoms. The molecule has 0 saturated heterocycles. The molecule has 0 bridgehead atoms. The predicted octanol–water partition coefficient (Wildman–Crippen LogP) is 2.34. The molecule has 0 saturated carbocycles. The van der Waals surface area contributed by atoms with Gasteiger partial charge >= 0.3 is 0 Å². The van der Waals surface area contributed by atoms with Crippen molar-refractivity contribution < 1.29 is 19.3 Å². The number of benzene rings is 1. The first-order chi connectivity index (χ1) is 10.1. The molecule has 0 aliphatic rings. The van der Waals surface area contributed by atoms with Gasteiger partial charge < -0.3 is 24.6 Å². The summed E-state index contributed by atoms with van der Waals surface area (Å²) in [7, 11) is 3.21. The third-order valence-electron chi connectivity index (χ3n) is 2.92. The molecule has 0 amide bonds. The molecule has 1 rings (SSSR count). The number of hydrogen-bond donors (Lipinski definition) is 2. The highest BCUT2D eigenvalue weighted by atomic mass is 79.9. The number of nitrogens with one attached hydrogen (secondary N) is 1. The standard InChI is InChI=1S/C15H24BrNO4/c1-4-21-15-13(16)7-11(8-14(15)20-3)9-17-6-5-12(18)10-19-2/h7-8,12,17-18H,4-6,9-10H2,1-3H3. The van der Waals surface area contributed by atoms with Crippen molar-refractivity contribution in [3.05, 3.63) is 22.2 Å². The first-order valence-electron chi connectivity index (χ1n) is 6.99. The predicted molar refractivity (Wildman–Crippen MR) is 86.1 cm³/mol. The highest BCUT2D eigenvalue weighted by Crippen LogP contribution is 2.36. The summed E-state index contributed by atoms with van der Waals surface area (Å²) in [6.45, 7) is 4.31. The SMILES string of the molecule is CCOc1c(Br)cc(CNCCC(O)COC)cc1OC. The summed E-state index contributed by atoms with van der Waals surface area (Å²) in [6, 6.07) is 3.96. The monoisotopic (exact) mass is 361 g/mol. The van der Waals surface area contributed by atoms with Crippen LogP contribution in [-0.4, -0.2) is 45.2 Å². The molecule has 5 nitrogen and oxygen atoms in total. The van der Waals surface area contributed by atoms with Gasteiger partial charge in [0.05, 0.1) is 30.9 Å². The lowest BCUT2D eigenvalue weighted by molar-refractivity contribution is 0.0594. The summed E-state index contributed by atoms with van der Waals surface area (Å²) in [5.41, 5.74) is 1.09. The van der Waals surface area contributed by atoms with Gasteiger partial charge in [-0.25, -0.2) is 0 Å². The average molecular weight is 362 g/mol. The molecule has 1 atom stereocenters. The third-order valence-corrected chi connectivity index (χ3v) is 3.51. The second-order valence-corrected chi connectivity index (χ2v) is 5.47. The Hall–Kier alpha value is -0.820. The van der Waals surface area contributed by atoms with Gasteiger partial charge in [-0.3, -0.25) is 0 Å². The van der Waals surface area contributed by atoms with Crippen molar-refractivity contribution in [2.24, 2.45) is 0 Å². The second kappa shape index (κ2) is 10.00. The highest BCUT2D eigenvalue weighted by Gasteiger charge is 2.11. The fourth-order valence-electron chi connectivity index (χ4n) is 1.94. The van der Waals surface area contributed by atoms with Crippen LogP contribution >= 0.6 is 15.9 Å². The highest BCUT2D eigenvalue weighted by molar-refractivity contribution is 9.10. The van der Waals surface area contributed by atoms with E-state index in [0.29, 0.717) is 31.9 Å². The molecule has 1 aromatic rings. The van der Waals surface area contributed by atoms with Crippen LogP contribution in [0.25, 0.3) is 0 Å². The number of halogens is 1. The fraction of sp³-hybridized carbons (Fsp3) is 0.600. The summed E-state index contributed by atoms with van der Waals surface area (Å²) in [5, 5.41) is 12.8. The zero-order valence-corrected chi connectivity index (χ0v) is 14.4. The van der Waals surface area contributed by atoms with Crippen LogP contribution in [0, 0.1) is 0 Å². The van der Waals surface area contributed by atoms with Crippen LogP contribution in [0.3, 0.4) is 0 Å². The van der Waals surface area contributed by atoms with Crippen molar-refractivity contribution in [3.63, 3.8) is 0 Å². The van der Waals surface area contributed by atoms with Crippen LogP contribution < -0.4 is 14.8 Å². The van der Waals surface area contributed by atoms with E-state index in [1.54, 1.807) is 14.2 Å². The van der Waals surface area contributed by atoms with E-state index in [4.69, 9.17) is 14.2 Å². The summed E-state index contributed by atoms with van der Waals surface area (Å²) in [5.74, 6) is 1.43. The van der Waals surface area contributed by atoms with Crippen LogP contribution in [0.5, 0.6) is 11.5 Å². The average Bonchev–Trinajstić information content (AvgIpc) is 2.46. The minimum atomic E-state index is -0.427. The van der Waals surface area contributed by atoms with Crippen molar-refractivity contribution in [1.29, 1.82) is 0 Å². The van der Waals surface area contributed by atoms with E-state index < -0.39 is 6.10 Å². The van der Waals surface area contributed by atoms with Gasteiger partial charge in [0.2, 0.25) is 0 Å². The van der Waals surface area contributed by atoms with Crippen LogP contribution in [0.15, 0.2) is 16.6 Å². The Kier molecular flexibility index (Phi) is 8.68. The number of aliphatic hydroxyl groups excluding tert-OH is 1. The minimum absolute atomic E-state index is 0.365. The molecule has 1 aromatic carbocycles. The first-order valence-corrected chi connectivity index (χ1v) is 7.78. The second-order valence-electron chi connectivity index (χ2n) is 4.62. The third kappa shape index (κ3) is 6.22. The molecule has 0 heterocycles. The van der Waals surface area contributed by atoms with Crippen LogP contribution in [0.4, 0.5) is 0 Å². The lowest BCUT2D eigenvalue weighted by Gasteiger charge is -2.14. The Morgan fingerprint density at radius 1 is 1.33 bits per heavy atom. The normalized spacial score (nSPS) is 12.2. The fourth-order valence-corrected chi connectivity index (χ4v) is 2.54. The van der Waals surface area contributed by atoms with E-state index in [9.17, 15) is 5.11 Å². The van der Waals surface area contributed by atoms with Gasteiger partial charge in [0.15, 0.2) is 11.5 Å². The van der Waals surface area contributed by atoms with E-state index >= 15 is 0 Å². The van der Waals surface area contributed by atoms with E-state index in [1.807, 2.05) is 19.1 Å². The summed E-state index contributed by atoms with van der Waals surface area (Å²) in [6.07, 6.45) is 0.229. The maximum absolute atomic E-state index is 9.56. The number of ether oxygens (including phenoxy) is 3. The van der Waals surface area contributed by atoms with Gasteiger partial charge in [-0.1, -0.05) is 0 Å². The minimum Gasteiger partial charge on any atom is -0.493 e. The van der Waals surface area contributed by atoms with Gasteiger partial charge in [0.25, 0.3) is 0 Å². The Bertz CT molecular complexity index is 428. The molecule has 0 aromatic heterocycles. The van der Waals surface area contributed by atoms with Crippen LogP contribution in [0.2, 0.25) is 0 Å². The molecular formula is C15H24BrNO4. The van der Waals surface area contributed by atoms with Crippen molar-refractivity contribution in [3.8, 4) is 11.5 Å². The molecule has 0 aliphatic carbocycles. The quantitative estimate of drug-likeness (QED) is 0.626. The van der Waals surface area contributed by atoms with E-state index in [2.05, 4.69) is 21.2 Å². The maximum atomic E-state index is 9.56. The first kappa shape index (κ1) is 18.2. The molecule has 2 N–H and O–H groups in total.